The number of rotatable bonds is 7. The summed E-state index contributed by atoms with van der Waals surface area (Å²) >= 11 is 0. The van der Waals surface area contributed by atoms with E-state index in [1.807, 2.05) is 6.92 Å². The standard InChI is InChI=1S/C21H20F3N3O4/c1-3-30-20(29)17-12-25-27(18(17)21(22,23)24)15-8-6-14(7-9-15)19(28)26-13(2)11-16-5-4-10-31-16/h4-10,12-13H,3,11H2,1-2H3,(H,26,28). The van der Waals surface area contributed by atoms with Gasteiger partial charge in [-0.15, -0.1) is 0 Å². The van der Waals surface area contributed by atoms with Crippen molar-refractivity contribution in [3.63, 3.8) is 0 Å². The van der Waals surface area contributed by atoms with Crippen LogP contribution in [0.2, 0.25) is 0 Å². The van der Waals surface area contributed by atoms with Crippen LogP contribution in [0.15, 0.2) is 53.3 Å². The van der Waals surface area contributed by atoms with E-state index >= 15 is 0 Å². The summed E-state index contributed by atoms with van der Waals surface area (Å²) in [5.74, 6) is -0.768. The maximum Gasteiger partial charge on any atom is 0.434 e. The molecule has 1 atom stereocenters. The monoisotopic (exact) mass is 435 g/mol. The Morgan fingerprint density at radius 1 is 1.23 bits per heavy atom. The molecule has 10 heteroatoms. The lowest BCUT2D eigenvalue weighted by atomic mass is 10.1. The summed E-state index contributed by atoms with van der Waals surface area (Å²) < 4.78 is 51.3. The number of ether oxygens (including phenoxy) is 1. The van der Waals surface area contributed by atoms with Gasteiger partial charge in [0.1, 0.15) is 11.3 Å². The topological polar surface area (TPSA) is 86.4 Å². The van der Waals surface area contributed by atoms with Crippen molar-refractivity contribution < 1.29 is 31.9 Å². The number of hydrogen-bond acceptors (Lipinski definition) is 5. The highest BCUT2D eigenvalue weighted by atomic mass is 19.4. The molecule has 0 spiro atoms. The Bertz CT molecular complexity index is 1040. The molecule has 1 aromatic carbocycles. The summed E-state index contributed by atoms with van der Waals surface area (Å²) in [7, 11) is 0. The second-order valence-corrected chi connectivity index (χ2v) is 6.74. The number of aromatic nitrogens is 2. The lowest BCUT2D eigenvalue weighted by Gasteiger charge is -2.14. The maximum absolute atomic E-state index is 13.6. The summed E-state index contributed by atoms with van der Waals surface area (Å²) in [6.45, 7) is 3.24. The first kappa shape index (κ1) is 22.1. The molecule has 0 aliphatic heterocycles. The molecule has 0 saturated heterocycles. The van der Waals surface area contributed by atoms with E-state index in [2.05, 4.69) is 15.2 Å². The van der Waals surface area contributed by atoms with Gasteiger partial charge in [-0.3, -0.25) is 4.79 Å². The summed E-state index contributed by atoms with van der Waals surface area (Å²) in [6, 6.07) is 8.75. The predicted octanol–water partition coefficient (Wildman–Crippen LogP) is 4.02. The number of halogens is 3. The zero-order valence-electron chi connectivity index (χ0n) is 16.8. The van der Waals surface area contributed by atoms with Gasteiger partial charge >= 0.3 is 12.1 Å². The minimum atomic E-state index is -4.84. The zero-order chi connectivity index (χ0) is 22.6. The number of nitrogens with one attached hydrogen (secondary N) is 1. The van der Waals surface area contributed by atoms with Crippen molar-refractivity contribution in [2.75, 3.05) is 6.61 Å². The third-order valence-corrected chi connectivity index (χ3v) is 4.37. The Morgan fingerprint density at radius 2 is 1.94 bits per heavy atom. The molecule has 31 heavy (non-hydrogen) atoms. The Kier molecular flexibility index (Phi) is 6.47. The molecular formula is C21H20F3N3O4. The summed E-state index contributed by atoms with van der Waals surface area (Å²) in [4.78, 5) is 24.3. The molecule has 0 aliphatic carbocycles. The van der Waals surface area contributed by atoms with Gasteiger partial charge in [0.2, 0.25) is 0 Å². The van der Waals surface area contributed by atoms with Gasteiger partial charge in [0.15, 0.2) is 5.69 Å². The van der Waals surface area contributed by atoms with Crippen LogP contribution in [0, 0.1) is 0 Å². The molecule has 0 saturated carbocycles. The van der Waals surface area contributed by atoms with E-state index in [9.17, 15) is 22.8 Å². The minimum Gasteiger partial charge on any atom is -0.469 e. The quantitative estimate of drug-likeness (QED) is 0.567. The lowest BCUT2D eigenvalue weighted by Crippen LogP contribution is -2.34. The van der Waals surface area contributed by atoms with E-state index in [1.54, 1.807) is 18.4 Å². The average molecular weight is 435 g/mol. The fourth-order valence-corrected chi connectivity index (χ4v) is 3.02. The van der Waals surface area contributed by atoms with Gasteiger partial charge in [0.25, 0.3) is 5.91 Å². The van der Waals surface area contributed by atoms with Crippen LogP contribution >= 0.6 is 0 Å². The fourth-order valence-electron chi connectivity index (χ4n) is 3.02. The second-order valence-electron chi connectivity index (χ2n) is 6.74. The Hall–Kier alpha value is -3.56. The largest absolute Gasteiger partial charge is 0.469 e. The highest BCUT2D eigenvalue weighted by Gasteiger charge is 2.41. The van der Waals surface area contributed by atoms with Crippen LogP contribution in [-0.4, -0.2) is 34.3 Å². The molecule has 3 rings (SSSR count). The van der Waals surface area contributed by atoms with E-state index in [0.717, 1.165) is 12.0 Å². The molecule has 1 N–H and O–H groups in total. The van der Waals surface area contributed by atoms with Crippen LogP contribution in [0.1, 0.15) is 46.0 Å². The first-order valence-electron chi connectivity index (χ1n) is 9.46. The molecule has 164 valence electrons. The fraction of sp³-hybridized carbons (Fsp3) is 0.286. The maximum atomic E-state index is 13.6. The SMILES string of the molecule is CCOC(=O)c1cnn(-c2ccc(C(=O)NC(C)Cc3ccco3)cc2)c1C(F)(F)F. The molecule has 7 nitrogen and oxygen atoms in total. The number of furan rings is 1. The van der Waals surface area contributed by atoms with Gasteiger partial charge in [0, 0.05) is 18.0 Å². The number of benzene rings is 1. The highest BCUT2D eigenvalue weighted by molar-refractivity contribution is 5.94. The second kappa shape index (κ2) is 9.07. The van der Waals surface area contributed by atoms with Crippen LogP contribution in [-0.2, 0) is 17.3 Å². The van der Waals surface area contributed by atoms with Crippen molar-refractivity contribution in [1.29, 1.82) is 0 Å². The Balaban J connectivity index is 1.79. The normalized spacial score (nSPS) is 12.4. The molecule has 0 aliphatic rings. The van der Waals surface area contributed by atoms with Crippen LogP contribution in [0.4, 0.5) is 13.2 Å². The first-order valence-corrected chi connectivity index (χ1v) is 9.46. The van der Waals surface area contributed by atoms with E-state index < -0.39 is 23.4 Å². The van der Waals surface area contributed by atoms with E-state index in [-0.39, 0.29) is 29.8 Å². The number of carbonyl (C=O) groups excluding carboxylic acids is 2. The van der Waals surface area contributed by atoms with Gasteiger partial charge in [-0.1, -0.05) is 0 Å². The predicted molar refractivity (Wildman–Crippen MR) is 104 cm³/mol. The average Bonchev–Trinajstić information content (AvgIpc) is 3.37. The molecule has 2 aromatic heterocycles. The van der Waals surface area contributed by atoms with Gasteiger partial charge in [-0.25, -0.2) is 9.48 Å². The highest BCUT2D eigenvalue weighted by Crippen LogP contribution is 2.34. The molecule has 1 amide bonds. The molecule has 0 radical (unpaired) electrons. The zero-order valence-corrected chi connectivity index (χ0v) is 16.8. The van der Waals surface area contributed by atoms with Crippen molar-refractivity contribution in [2.45, 2.75) is 32.5 Å². The van der Waals surface area contributed by atoms with Gasteiger partial charge in [-0.2, -0.15) is 18.3 Å². The van der Waals surface area contributed by atoms with Gasteiger partial charge < -0.3 is 14.5 Å². The molecule has 3 aromatic rings. The van der Waals surface area contributed by atoms with E-state index in [1.165, 1.54) is 31.2 Å². The van der Waals surface area contributed by atoms with Crippen LogP contribution in [0.5, 0.6) is 0 Å². The number of nitrogens with zero attached hydrogens (tertiary/aromatic N) is 2. The summed E-state index contributed by atoms with van der Waals surface area (Å²) in [5.41, 5.74) is -1.61. The van der Waals surface area contributed by atoms with Crippen molar-refractivity contribution >= 4 is 11.9 Å². The lowest BCUT2D eigenvalue weighted by molar-refractivity contribution is -0.143. The van der Waals surface area contributed by atoms with Crippen molar-refractivity contribution in [2.24, 2.45) is 0 Å². The number of alkyl halides is 3. The molecule has 2 heterocycles. The number of esters is 1. The van der Waals surface area contributed by atoms with Crippen molar-refractivity contribution in [3.05, 3.63) is 71.4 Å². The van der Waals surface area contributed by atoms with Crippen LogP contribution in [0.3, 0.4) is 0 Å². The number of carbonyl (C=O) groups is 2. The molecule has 0 fully saturated rings. The van der Waals surface area contributed by atoms with Crippen molar-refractivity contribution in [3.8, 4) is 5.69 Å². The number of hydrogen-bond donors (Lipinski definition) is 1. The summed E-state index contributed by atoms with van der Waals surface area (Å²) in [6.07, 6.45) is -1.98. The van der Waals surface area contributed by atoms with E-state index in [4.69, 9.17) is 4.42 Å². The molecule has 0 bridgehead atoms. The third-order valence-electron chi connectivity index (χ3n) is 4.37. The Labute approximate surface area is 175 Å². The molecular weight excluding hydrogens is 415 g/mol. The molecule has 1 unspecified atom stereocenters. The number of amides is 1. The minimum absolute atomic E-state index is 0.0445. The summed E-state index contributed by atoms with van der Waals surface area (Å²) in [5, 5.41) is 6.51. The third kappa shape index (κ3) is 5.14. The van der Waals surface area contributed by atoms with E-state index in [0.29, 0.717) is 11.1 Å². The first-order chi connectivity index (χ1) is 14.7. The van der Waals surface area contributed by atoms with Crippen LogP contribution in [0.25, 0.3) is 5.69 Å². The van der Waals surface area contributed by atoms with Gasteiger partial charge in [-0.05, 0) is 50.2 Å². The van der Waals surface area contributed by atoms with Gasteiger partial charge in [0.05, 0.1) is 24.8 Å². The van der Waals surface area contributed by atoms with Crippen molar-refractivity contribution in [1.82, 2.24) is 15.1 Å². The van der Waals surface area contributed by atoms with Crippen LogP contribution < -0.4 is 5.32 Å². The Morgan fingerprint density at radius 3 is 2.52 bits per heavy atom. The smallest absolute Gasteiger partial charge is 0.434 e.